The lowest BCUT2D eigenvalue weighted by molar-refractivity contribution is -0.0886. The zero-order valence-electron chi connectivity index (χ0n) is 12.2. The topological polar surface area (TPSA) is 44.1 Å². The minimum Gasteiger partial charge on any atom is -0.376 e. The number of carbonyl (C=O) groups excluding carboxylic acids is 1. The van der Waals surface area contributed by atoms with Gasteiger partial charge in [0, 0.05) is 12.3 Å². The van der Waals surface area contributed by atoms with E-state index in [2.05, 4.69) is 5.10 Å². The second kappa shape index (κ2) is 6.17. The zero-order chi connectivity index (χ0) is 15.6. The van der Waals surface area contributed by atoms with Gasteiger partial charge in [0.05, 0.1) is 23.9 Å². The summed E-state index contributed by atoms with van der Waals surface area (Å²) in [5, 5.41) is 4.21. The number of hydrogen-bond acceptors (Lipinski definition) is 3. The summed E-state index contributed by atoms with van der Waals surface area (Å²) < 4.78 is 45.3. The van der Waals surface area contributed by atoms with E-state index < -0.39 is 12.0 Å². The Balaban J connectivity index is 2.38. The molecule has 1 aromatic rings. The van der Waals surface area contributed by atoms with Crippen molar-refractivity contribution >= 4 is 5.78 Å². The predicted octanol–water partition coefficient (Wildman–Crippen LogP) is 2.93. The summed E-state index contributed by atoms with van der Waals surface area (Å²) in [4.78, 5) is 11.7. The van der Waals surface area contributed by atoms with Crippen molar-refractivity contribution < 1.29 is 22.7 Å². The first-order valence-electron chi connectivity index (χ1n) is 7.20. The van der Waals surface area contributed by atoms with Crippen LogP contribution in [-0.4, -0.2) is 34.5 Å². The van der Waals surface area contributed by atoms with E-state index in [0.29, 0.717) is 31.7 Å². The molecule has 4 nitrogen and oxygen atoms in total. The number of aromatic nitrogens is 2. The van der Waals surface area contributed by atoms with Gasteiger partial charge in [-0.2, -0.15) is 18.3 Å². The van der Waals surface area contributed by atoms with Crippen LogP contribution in [0.15, 0.2) is 0 Å². The molecular weight excluding hydrogens is 285 g/mol. The Morgan fingerprint density at radius 3 is 2.57 bits per heavy atom. The number of halogens is 3. The Morgan fingerprint density at radius 2 is 2.10 bits per heavy atom. The molecule has 0 aromatic carbocycles. The fourth-order valence-corrected chi connectivity index (χ4v) is 2.69. The van der Waals surface area contributed by atoms with E-state index in [0.717, 1.165) is 12.8 Å². The molecule has 1 aliphatic rings. The van der Waals surface area contributed by atoms with Crippen molar-refractivity contribution in [3.63, 3.8) is 0 Å². The second-order valence-corrected chi connectivity index (χ2v) is 5.12. The molecule has 0 N–H and O–H groups in total. The average molecular weight is 304 g/mol. The molecule has 0 bridgehead atoms. The van der Waals surface area contributed by atoms with E-state index in [1.807, 2.05) is 0 Å². The molecule has 1 atom stereocenters. The lowest BCUT2D eigenvalue weighted by Crippen LogP contribution is -2.25. The quantitative estimate of drug-likeness (QED) is 0.786. The van der Waals surface area contributed by atoms with E-state index >= 15 is 0 Å². The van der Waals surface area contributed by atoms with Gasteiger partial charge in [0.2, 0.25) is 0 Å². The summed E-state index contributed by atoms with van der Waals surface area (Å²) in [6, 6.07) is 0. The van der Waals surface area contributed by atoms with Crippen molar-refractivity contribution in [1.82, 2.24) is 9.78 Å². The largest absolute Gasteiger partial charge is 0.455 e. The van der Waals surface area contributed by atoms with Crippen LogP contribution in [0.5, 0.6) is 0 Å². The molecule has 0 amide bonds. The summed E-state index contributed by atoms with van der Waals surface area (Å²) in [6.07, 6.45) is -2.46. The van der Waals surface area contributed by atoms with Gasteiger partial charge in [-0.3, -0.25) is 9.48 Å². The van der Waals surface area contributed by atoms with Crippen molar-refractivity contribution in [3.8, 4) is 0 Å². The van der Waals surface area contributed by atoms with Crippen molar-refractivity contribution in [2.24, 2.45) is 0 Å². The molecule has 1 unspecified atom stereocenters. The molecule has 2 heterocycles. The summed E-state index contributed by atoms with van der Waals surface area (Å²) >= 11 is 0. The van der Waals surface area contributed by atoms with Crippen LogP contribution in [0.2, 0.25) is 0 Å². The van der Waals surface area contributed by atoms with Gasteiger partial charge in [-0.15, -0.1) is 0 Å². The Hall–Kier alpha value is -1.37. The number of hydrogen-bond donors (Lipinski definition) is 0. The number of alkyl halides is 3. The van der Waals surface area contributed by atoms with E-state index in [4.69, 9.17) is 4.74 Å². The third-order valence-corrected chi connectivity index (χ3v) is 3.69. The highest BCUT2D eigenvalue weighted by atomic mass is 19.4. The first-order chi connectivity index (χ1) is 9.88. The third-order valence-electron chi connectivity index (χ3n) is 3.69. The lowest BCUT2D eigenvalue weighted by Gasteiger charge is -2.12. The molecule has 21 heavy (non-hydrogen) atoms. The number of aryl methyl sites for hydroxylation is 1. The maximum atomic E-state index is 12.8. The average Bonchev–Trinajstić information content (AvgIpc) is 3.04. The molecule has 1 fully saturated rings. The molecule has 0 radical (unpaired) electrons. The van der Waals surface area contributed by atoms with Crippen LogP contribution in [0, 0.1) is 0 Å². The van der Waals surface area contributed by atoms with Crippen molar-refractivity contribution in [3.05, 3.63) is 17.0 Å². The normalized spacial score (nSPS) is 19.2. The van der Waals surface area contributed by atoms with Gasteiger partial charge in [0.15, 0.2) is 0 Å². The molecular formula is C14H19F3N2O2. The SMILES string of the molecule is CCc1nn(CC2CCCO2)c(CC)c1C(=O)C(F)(F)F. The van der Waals surface area contributed by atoms with Gasteiger partial charge >= 0.3 is 6.18 Å². The summed E-state index contributed by atoms with van der Waals surface area (Å²) in [6.45, 7) is 4.50. The highest BCUT2D eigenvalue weighted by Gasteiger charge is 2.43. The van der Waals surface area contributed by atoms with Gasteiger partial charge in [-0.05, 0) is 25.7 Å². The molecule has 1 aliphatic heterocycles. The first kappa shape index (κ1) is 16.0. The number of carbonyl (C=O) groups is 1. The van der Waals surface area contributed by atoms with Crippen LogP contribution in [-0.2, 0) is 24.1 Å². The van der Waals surface area contributed by atoms with E-state index in [1.54, 1.807) is 13.8 Å². The highest BCUT2D eigenvalue weighted by molar-refractivity contribution is 6.02. The fourth-order valence-electron chi connectivity index (χ4n) is 2.69. The lowest BCUT2D eigenvalue weighted by atomic mass is 10.0. The van der Waals surface area contributed by atoms with Crippen molar-refractivity contribution in [2.45, 2.75) is 58.4 Å². The standard InChI is InChI=1S/C14H19F3N2O2/c1-3-10-12(13(20)14(15,16)17)11(4-2)19(18-10)8-9-6-5-7-21-9/h9H,3-8H2,1-2H3. The first-order valence-corrected chi connectivity index (χ1v) is 7.20. The number of rotatable bonds is 5. The Bertz CT molecular complexity index is 517. The van der Waals surface area contributed by atoms with Gasteiger partial charge in [-0.25, -0.2) is 0 Å². The molecule has 1 saturated heterocycles. The van der Waals surface area contributed by atoms with Gasteiger partial charge in [-0.1, -0.05) is 13.8 Å². The summed E-state index contributed by atoms with van der Waals surface area (Å²) in [5.41, 5.74) is 0.294. The minimum absolute atomic E-state index is 0.0336. The van der Waals surface area contributed by atoms with Gasteiger partial charge in [0.25, 0.3) is 5.78 Å². The molecule has 118 valence electrons. The maximum absolute atomic E-state index is 12.8. The van der Waals surface area contributed by atoms with Crippen LogP contribution >= 0.6 is 0 Å². The monoisotopic (exact) mass is 304 g/mol. The number of nitrogens with zero attached hydrogens (tertiary/aromatic N) is 2. The van der Waals surface area contributed by atoms with Crippen LogP contribution < -0.4 is 0 Å². The molecule has 0 spiro atoms. The van der Waals surface area contributed by atoms with Crippen LogP contribution in [0.4, 0.5) is 13.2 Å². The van der Waals surface area contributed by atoms with Crippen molar-refractivity contribution in [1.29, 1.82) is 0 Å². The third kappa shape index (κ3) is 3.28. The Labute approximate surface area is 121 Å². The molecule has 7 heteroatoms. The van der Waals surface area contributed by atoms with Gasteiger partial charge < -0.3 is 4.74 Å². The predicted molar refractivity (Wildman–Crippen MR) is 70.3 cm³/mol. The number of Topliss-reactive ketones (excluding diaryl/α,β-unsaturated/α-hetero) is 1. The van der Waals surface area contributed by atoms with Crippen molar-refractivity contribution in [2.75, 3.05) is 6.61 Å². The Morgan fingerprint density at radius 1 is 1.38 bits per heavy atom. The molecule has 0 aliphatic carbocycles. The summed E-state index contributed by atoms with van der Waals surface area (Å²) in [7, 11) is 0. The van der Waals surface area contributed by atoms with Crippen LogP contribution in [0.1, 0.15) is 48.4 Å². The smallest absolute Gasteiger partial charge is 0.376 e. The molecule has 0 saturated carbocycles. The molecule has 1 aromatic heterocycles. The summed E-state index contributed by atoms with van der Waals surface area (Å²) in [5.74, 6) is -1.80. The maximum Gasteiger partial charge on any atom is 0.455 e. The van der Waals surface area contributed by atoms with Crippen LogP contribution in [0.25, 0.3) is 0 Å². The zero-order valence-corrected chi connectivity index (χ0v) is 12.2. The van der Waals surface area contributed by atoms with E-state index in [9.17, 15) is 18.0 Å². The fraction of sp³-hybridized carbons (Fsp3) is 0.714. The second-order valence-electron chi connectivity index (χ2n) is 5.12. The van der Waals surface area contributed by atoms with Gasteiger partial charge in [0.1, 0.15) is 0 Å². The molecule has 2 rings (SSSR count). The minimum atomic E-state index is -4.87. The number of ketones is 1. The van der Waals surface area contributed by atoms with E-state index in [-0.39, 0.29) is 17.4 Å². The van der Waals surface area contributed by atoms with E-state index in [1.165, 1.54) is 4.68 Å². The highest BCUT2D eigenvalue weighted by Crippen LogP contribution is 2.27. The van der Waals surface area contributed by atoms with Crippen LogP contribution in [0.3, 0.4) is 0 Å². The number of ether oxygens (including phenoxy) is 1. The Kier molecular flexibility index (Phi) is 4.70.